The third-order valence-electron chi connectivity index (χ3n) is 4.22. The van der Waals surface area contributed by atoms with Gasteiger partial charge in [0.2, 0.25) is 0 Å². The number of benzene rings is 2. The van der Waals surface area contributed by atoms with Crippen LogP contribution in [0.1, 0.15) is 36.7 Å². The zero-order valence-corrected chi connectivity index (χ0v) is 15.8. The van der Waals surface area contributed by atoms with Gasteiger partial charge < -0.3 is 14.5 Å². The van der Waals surface area contributed by atoms with Gasteiger partial charge in [0.1, 0.15) is 0 Å². The highest BCUT2D eigenvalue weighted by molar-refractivity contribution is 7.67. The molecule has 0 saturated heterocycles. The lowest BCUT2D eigenvalue weighted by atomic mass is 10.0. The molecule has 130 valence electrons. The van der Waals surface area contributed by atoms with Crippen LogP contribution in [0, 0.1) is 0 Å². The van der Waals surface area contributed by atoms with E-state index in [1.807, 2.05) is 55.4 Å². The lowest BCUT2D eigenvalue weighted by molar-refractivity contribution is 0.229. The second kappa shape index (κ2) is 7.52. The van der Waals surface area contributed by atoms with Gasteiger partial charge in [-0.3, -0.25) is 4.57 Å². The molecular weight excluding hydrogens is 321 g/mol. The summed E-state index contributed by atoms with van der Waals surface area (Å²) in [5, 5.41) is 11.2. The number of hydrogen-bond donors (Lipinski definition) is 1. The molecule has 0 radical (unpaired) electrons. The second-order valence-corrected chi connectivity index (χ2v) is 8.95. The van der Waals surface area contributed by atoms with Crippen LogP contribution in [0.25, 0.3) is 0 Å². The SMILES string of the molecule is CO[P@@](=O)(c1ccc(N(C)C)cc1)[C@@H](O)c1ccc(C(C)C)cc1. The van der Waals surface area contributed by atoms with E-state index in [1.54, 1.807) is 12.1 Å². The minimum absolute atomic E-state index is 0.406. The smallest absolute Gasteiger partial charge is 0.263 e. The Kier molecular flexibility index (Phi) is 5.87. The molecule has 0 aliphatic carbocycles. The summed E-state index contributed by atoms with van der Waals surface area (Å²) in [5.74, 6) is -0.780. The molecule has 24 heavy (non-hydrogen) atoms. The average Bonchev–Trinajstić information content (AvgIpc) is 2.60. The maximum atomic E-state index is 13.3. The van der Waals surface area contributed by atoms with Crippen molar-refractivity contribution in [2.75, 3.05) is 26.1 Å². The van der Waals surface area contributed by atoms with Crippen molar-refractivity contribution in [1.82, 2.24) is 0 Å². The fourth-order valence-corrected chi connectivity index (χ4v) is 4.38. The number of aliphatic hydroxyl groups excluding tert-OH is 1. The van der Waals surface area contributed by atoms with Gasteiger partial charge in [-0.15, -0.1) is 0 Å². The van der Waals surface area contributed by atoms with E-state index in [0.29, 0.717) is 16.8 Å². The summed E-state index contributed by atoms with van der Waals surface area (Å²) in [5.41, 5.74) is 2.77. The average molecular weight is 347 g/mol. The van der Waals surface area contributed by atoms with Gasteiger partial charge in [-0.05, 0) is 41.3 Å². The van der Waals surface area contributed by atoms with Gasteiger partial charge in [0.25, 0.3) is 7.37 Å². The van der Waals surface area contributed by atoms with Crippen molar-refractivity contribution in [3.05, 3.63) is 59.7 Å². The molecule has 0 heterocycles. The van der Waals surface area contributed by atoms with Crippen molar-refractivity contribution in [3.63, 3.8) is 0 Å². The van der Waals surface area contributed by atoms with Crippen LogP contribution in [-0.4, -0.2) is 26.3 Å². The van der Waals surface area contributed by atoms with Crippen LogP contribution in [0.4, 0.5) is 5.69 Å². The van der Waals surface area contributed by atoms with E-state index in [0.717, 1.165) is 5.69 Å². The summed E-state index contributed by atoms with van der Waals surface area (Å²) < 4.78 is 18.6. The summed E-state index contributed by atoms with van der Waals surface area (Å²) in [6.07, 6.45) is 0. The zero-order valence-electron chi connectivity index (χ0n) is 14.9. The number of nitrogens with zero attached hydrogens (tertiary/aromatic N) is 1. The molecule has 1 N–H and O–H groups in total. The Labute approximate surface area is 144 Å². The molecule has 4 nitrogen and oxygen atoms in total. The minimum Gasteiger partial charge on any atom is -0.378 e. The normalized spacial score (nSPS) is 15.1. The topological polar surface area (TPSA) is 49.8 Å². The third-order valence-corrected chi connectivity index (χ3v) is 6.72. The maximum absolute atomic E-state index is 13.3. The summed E-state index contributed by atoms with van der Waals surface area (Å²) >= 11 is 0. The highest BCUT2D eigenvalue weighted by Gasteiger charge is 2.35. The van der Waals surface area contributed by atoms with E-state index in [-0.39, 0.29) is 0 Å². The second-order valence-electron chi connectivity index (χ2n) is 6.39. The van der Waals surface area contributed by atoms with Crippen molar-refractivity contribution in [2.45, 2.75) is 25.6 Å². The Morgan fingerprint density at radius 1 is 0.958 bits per heavy atom. The van der Waals surface area contributed by atoms with E-state index >= 15 is 0 Å². The molecule has 0 aliphatic heterocycles. The quantitative estimate of drug-likeness (QED) is 0.799. The maximum Gasteiger partial charge on any atom is 0.263 e. The van der Waals surface area contributed by atoms with Gasteiger partial charge in [0.15, 0.2) is 5.85 Å². The van der Waals surface area contributed by atoms with Crippen LogP contribution in [0.3, 0.4) is 0 Å². The Hall–Kier alpha value is -1.61. The largest absolute Gasteiger partial charge is 0.378 e. The van der Waals surface area contributed by atoms with Crippen LogP contribution < -0.4 is 10.2 Å². The summed E-state index contributed by atoms with van der Waals surface area (Å²) in [4.78, 5) is 1.96. The molecule has 0 unspecified atom stereocenters. The van der Waals surface area contributed by atoms with Gasteiger partial charge >= 0.3 is 0 Å². The van der Waals surface area contributed by atoms with Crippen LogP contribution in [0.15, 0.2) is 48.5 Å². The van der Waals surface area contributed by atoms with E-state index in [4.69, 9.17) is 4.52 Å². The Morgan fingerprint density at radius 3 is 1.88 bits per heavy atom. The molecule has 0 fully saturated rings. The highest BCUT2D eigenvalue weighted by atomic mass is 31.2. The highest BCUT2D eigenvalue weighted by Crippen LogP contribution is 2.57. The Bertz CT molecular complexity index is 708. The van der Waals surface area contributed by atoms with Gasteiger partial charge in [-0.25, -0.2) is 0 Å². The van der Waals surface area contributed by atoms with Gasteiger partial charge in [0, 0.05) is 32.2 Å². The zero-order chi connectivity index (χ0) is 17.9. The fraction of sp³-hybridized carbons (Fsp3) is 0.368. The number of rotatable bonds is 6. The predicted molar refractivity (Wildman–Crippen MR) is 101 cm³/mol. The van der Waals surface area contributed by atoms with Crippen LogP contribution >= 0.6 is 7.37 Å². The Morgan fingerprint density at radius 2 is 1.46 bits per heavy atom. The van der Waals surface area contributed by atoms with Gasteiger partial charge in [-0.1, -0.05) is 38.1 Å². The van der Waals surface area contributed by atoms with Crippen molar-refractivity contribution in [1.29, 1.82) is 0 Å². The lowest BCUT2D eigenvalue weighted by Gasteiger charge is -2.23. The van der Waals surface area contributed by atoms with Crippen molar-refractivity contribution in [3.8, 4) is 0 Å². The number of anilines is 1. The molecule has 0 spiro atoms. The Balaban J connectivity index is 2.35. The number of aliphatic hydroxyl groups is 1. The lowest BCUT2D eigenvalue weighted by Crippen LogP contribution is -2.15. The standard InChI is InChI=1S/C19H26NO3P/c1-14(2)15-6-8-16(9-7-15)19(21)24(22,23-5)18-12-10-17(11-13-18)20(3)4/h6-14,19,21H,1-5H3/t19-,24+/m1/s1. The molecule has 2 aromatic carbocycles. The molecule has 2 aromatic rings. The first-order chi connectivity index (χ1) is 11.3. The minimum atomic E-state index is -3.42. The molecule has 5 heteroatoms. The monoisotopic (exact) mass is 347 g/mol. The van der Waals surface area contributed by atoms with Crippen molar-refractivity contribution >= 4 is 18.4 Å². The first-order valence-corrected chi connectivity index (χ1v) is 9.70. The molecule has 0 amide bonds. The number of hydrogen-bond acceptors (Lipinski definition) is 4. The third kappa shape index (κ3) is 3.72. The molecule has 2 atom stereocenters. The molecule has 0 bridgehead atoms. The van der Waals surface area contributed by atoms with E-state index in [2.05, 4.69) is 13.8 Å². The van der Waals surface area contributed by atoms with Crippen molar-refractivity contribution < 1.29 is 14.2 Å². The van der Waals surface area contributed by atoms with Crippen LogP contribution in [0.5, 0.6) is 0 Å². The van der Waals surface area contributed by atoms with Crippen LogP contribution in [-0.2, 0) is 9.09 Å². The molecule has 0 aliphatic rings. The molecule has 0 saturated carbocycles. The molecular formula is C19H26NO3P. The van der Waals surface area contributed by atoms with Gasteiger partial charge in [0.05, 0.1) is 0 Å². The summed E-state index contributed by atoms with van der Waals surface area (Å²) in [6.45, 7) is 4.22. The van der Waals surface area contributed by atoms with E-state index < -0.39 is 13.2 Å². The van der Waals surface area contributed by atoms with Crippen LogP contribution in [0.2, 0.25) is 0 Å². The predicted octanol–water partition coefficient (Wildman–Crippen LogP) is 4.12. The first-order valence-electron chi connectivity index (χ1n) is 8.01. The van der Waals surface area contributed by atoms with E-state index in [1.165, 1.54) is 12.7 Å². The fourth-order valence-electron chi connectivity index (χ4n) is 2.55. The molecule has 2 rings (SSSR count). The molecule has 0 aromatic heterocycles. The van der Waals surface area contributed by atoms with Gasteiger partial charge in [-0.2, -0.15) is 0 Å². The van der Waals surface area contributed by atoms with Crippen molar-refractivity contribution in [2.24, 2.45) is 0 Å². The summed E-state index contributed by atoms with van der Waals surface area (Å²) in [7, 11) is 1.84. The summed E-state index contributed by atoms with van der Waals surface area (Å²) in [6, 6.07) is 14.8. The van der Waals surface area contributed by atoms with E-state index in [9.17, 15) is 9.67 Å². The first kappa shape index (κ1) is 18.7.